The third kappa shape index (κ3) is 8.51. The predicted octanol–water partition coefficient (Wildman–Crippen LogP) is 5.94. The fourth-order valence-corrected chi connectivity index (χ4v) is 4.94. The van der Waals surface area contributed by atoms with E-state index in [-0.39, 0.29) is 35.7 Å². The molecule has 2 atom stereocenters. The van der Waals surface area contributed by atoms with Crippen molar-refractivity contribution in [3.63, 3.8) is 0 Å². The van der Waals surface area contributed by atoms with Crippen LogP contribution in [0.2, 0.25) is 0 Å². The van der Waals surface area contributed by atoms with E-state index in [1.54, 1.807) is 25.7 Å². The van der Waals surface area contributed by atoms with Crippen LogP contribution in [0.5, 0.6) is 0 Å². The van der Waals surface area contributed by atoms with Crippen molar-refractivity contribution in [1.29, 1.82) is 0 Å². The van der Waals surface area contributed by atoms with E-state index in [0.717, 1.165) is 24.4 Å². The first kappa shape index (κ1) is 31.0. The minimum absolute atomic E-state index is 0.131. The Morgan fingerprint density at radius 1 is 1.02 bits per heavy atom. The van der Waals surface area contributed by atoms with Gasteiger partial charge in [0.25, 0.3) is 0 Å². The summed E-state index contributed by atoms with van der Waals surface area (Å²) in [5.41, 5.74) is 0.466. The van der Waals surface area contributed by atoms with E-state index in [2.05, 4.69) is 15.6 Å². The number of carbonyl (C=O) groups excluding carboxylic acids is 2. The molecule has 0 bridgehead atoms. The highest BCUT2D eigenvalue weighted by molar-refractivity contribution is 5.92. The second-order valence-electron chi connectivity index (χ2n) is 11.3. The summed E-state index contributed by atoms with van der Waals surface area (Å²) in [5, 5.41) is 6.02. The minimum atomic E-state index is -0.810. The number of amides is 2. The van der Waals surface area contributed by atoms with Crippen LogP contribution in [0.4, 0.5) is 28.0 Å². The van der Waals surface area contributed by atoms with Crippen LogP contribution < -0.4 is 10.6 Å². The van der Waals surface area contributed by atoms with Crippen molar-refractivity contribution in [2.24, 2.45) is 0 Å². The molecule has 4 rings (SSSR count). The first-order valence-corrected chi connectivity index (χ1v) is 13.7. The summed E-state index contributed by atoms with van der Waals surface area (Å²) in [6.07, 6.45) is 2.44. The summed E-state index contributed by atoms with van der Waals surface area (Å²) in [6.45, 7) is 6.81. The molecule has 2 amide bonds. The van der Waals surface area contributed by atoms with E-state index in [4.69, 9.17) is 4.74 Å². The fourth-order valence-electron chi connectivity index (χ4n) is 4.94. The van der Waals surface area contributed by atoms with Crippen LogP contribution in [0, 0.1) is 23.3 Å². The molecule has 7 nitrogen and oxygen atoms in total. The molecule has 42 heavy (non-hydrogen) atoms. The molecular weight excluding hydrogens is 552 g/mol. The lowest BCUT2D eigenvalue weighted by Gasteiger charge is -2.35. The molecule has 2 N–H and O–H groups in total. The number of rotatable bonds is 8. The number of nitrogens with one attached hydrogen (secondary N) is 2. The molecule has 0 spiro atoms. The molecule has 0 saturated carbocycles. The zero-order chi connectivity index (χ0) is 30.4. The Labute approximate surface area is 242 Å². The number of aromatic nitrogens is 1. The summed E-state index contributed by atoms with van der Waals surface area (Å²) < 4.78 is 62.1. The number of benzene rings is 2. The molecule has 1 unspecified atom stereocenters. The quantitative estimate of drug-likeness (QED) is 0.319. The Bertz CT molecular complexity index is 1390. The van der Waals surface area contributed by atoms with E-state index >= 15 is 0 Å². The molecule has 1 fully saturated rings. The lowest BCUT2D eigenvalue weighted by Crippen LogP contribution is -2.53. The largest absolute Gasteiger partial charge is 0.444 e. The highest BCUT2D eigenvalue weighted by Gasteiger charge is 2.28. The minimum Gasteiger partial charge on any atom is -0.444 e. The van der Waals surface area contributed by atoms with Crippen LogP contribution in [0.3, 0.4) is 0 Å². The van der Waals surface area contributed by atoms with Gasteiger partial charge >= 0.3 is 6.09 Å². The number of ether oxygens (including phenoxy) is 1. The lowest BCUT2D eigenvalue weighted by atomic mass is 9.88. The van der Waals surface area contributed by atoms with Gasteiger partial charge in [-0.25, -0.2) is 22.4 Å². The number of hydrogen-bond donors (Lipinski definition) is 2. The first-order chi connectivity index (χ1) is 19.9. The van der Waals surface area contributed by atoms with E-state index < -0.39 is 46.8 Å². The summed E-state index contributed by atoms with van der Waals surface area (Å²) in [4.78, 5) is 31.2. The van der Waals surface area contributed by atoms with Crippen molar-refractivity contribution in [3.05, 3.63) is 94.8 Å². The van der Waals surface area contributed by atoms with Crippen LogP contribution in [0.1, 0.15) is 56.2 Å². The topological polar surface area (TPSA) is 83.6 Å². The SMILES string of the molecule is CC(C)(C)OC(=O)N1CCNC(CCc2c(F)cncc2NC(=O)C[C@@H](c2ccc(F)cc2)c2cc(F)cc(F)c2)C1. The van der Waals surface area contributed by atoms with Crippen molar-refractivity contribution >= 4 is 17.7 Å². The monoisotopic (exact) mass is 586 g/mol. The second kappa shape index (κ2) is 13.3. The number of carbonyl (C=O) groups is 2. The van der Waals surface area contributed by atoms with Crippen molar-refractivity contribution in [3.8, 4) is 0 Å². The fraction of sp³-hybridized carbons (Fsp3) is 0.387. The van der Waals surface area contributed by atoms with Gasteiger partial charge in [0.2, 0.25) is 5.91 Å². The predicted molar refractivity (Wildman–Crippen MR) is 150 cm³/mol. The maximum absolute atomic E-state index is 14.9. The molecular formula is C31H34F4N4O3. The third-order valence-electron chi connectivity index (χ3n) is 6.88. The molecule has 0 radical (unpaired) electrons. The van der Waals surface area contributed by atoms with E-state index in [1.807, 2.05) is 0 Å². The Morgan fingerprint density at radius 2 is 1.71 bits per heavy atom. The van der Waals surface area contributed by atoms with E-state index in [0.29, 0.717) is 31.6 Å². The third-order valence-corrected chi connectivity index (χ3v) is 6.88. The maximum Gasteiger partial charge on any atom is 0.410 e. The highest BCUT2D eigenvalue weighted by atomic mass is 19.1. The van der Waals surface area contributed by atoms with Crippen molar-refractivity contribution in [2.45, 2.75) is 57.6 Å². The number of pyridine rings is 1. The Kier molecular flexibility index (Phi) is 9.82. The van der Waals surface area contributed by atoms with Crippen molar-refractivity contribution in [1.82, 2.24) is 15.2 Å². The number of hydrogen-bond acceptors (Lipinski definition) is 5. The summed E-state index contributed by atoms with van der Waals surface area (Å²) in [5.74, 6) is -4.06. The molecule has 224 valence electrons. The molecule has 3 aromatic rings. The van der Waals surface area contributed by atoms with Gasteiger partial charge < -0.3 is 20.3 Å². The van der Waals surface area contributed by atoms with Crippen LogP contribution in [-0.4, -0.2) is 53.2 Å². The molecule has 2 aromatic carbocycles. The van der Waals surface area contributed by atoms with Gasteiger partial charge in [-0.05, 0) is 69.0 Å². The molecule has 0 aliphatic carbocycles. The Hall–Kier alpha value is -3.99. The number of piperazine rings is 1. The van der Waals surface area contributed by atoms with E-state index in [9.17, 15) is 27.2 Å². The van der Waals surface area contributed by atoms with Gasteiger partial charge in [0.15, 0.2) is 0 Å². The van der Waals surface area contributed by atoms with Gasteiger partial charge in [-0.1, -0.05) is 12.1 Å². The summed E-state index contributed by atoms with van der Waals surface area (Å²) in [6, 6.07) is 8.14. The van der Waals surface area contributed by atoms with E-state index in [1.165, 1.54) is 30.5 Å². The highest BCUT2D eigenvalue weighted by Crippen LogP contribution is 2.31. The van der Waals surface area contributed by atoms with Gasteiger partial charge in [-0.3, -0.25) is 9.78 Å². The Morgan fingerprint density at radius 3 is 2.38 bits per heavy atom. The first-order valence-electron chi connectivity index (χ1n) is 13.7. The average Bonchev–Trinajstić information content (AvgIpc) is 2.91. The molecule has 1 aromatic heterocycles. The van der Waals surface area contributed by atoms with Crippen molar-refractivity contribution in [2.75, 3.05) is 25.0 Å². The van der Waals surface area contributed by atoms with Gasteiger partial charge in [0, 0.05) is 49.6 Å². The zero-order valence-corrected chi connectivity index (χ0v) is 23.7. The van der Waals surface area contributed by atoms with Gasteiger partial charge in [0.05, 0.1) is 18.1 Å². The molecule has 2 heterocycles. The van der Waals surface area contributed by atoms with Gasteiger partial charge in [-0.2, -0.15) is 0 Å². The lowest BCUT2D eigenvalue weighted by molar-refractivity contribution is -0.116. The maximum atomic E-state index is 14.9. The van der Waals surface area contributed by atoms with Gasteiger partial charge in [0.1, 0.15) is 28.9 Å². The summed E-state index contributed by atoms with van der Waals surface area (Å²) in [7, 11) is 0. The van der Waals surface area contributed by atoms with Gasteiger partial charge in [-0.15, -0.1) is 0 Å². The van der Waals surface area contributed by atoms with Crippen LogP contribution in [0.25, 0.3) is 0 Å². The molecule has 1 saturated heterocycles. The number of nitrogens with zero attached hydrogens (tertiary/aromatic N) is 2. The molecule has 1 aliphatic rings. The Balaban J connectivity index is 1.47. The average molecular weight is 587 g/mol. The molecule has 11 heteroatoms. The van der Waals surface area contributed by atoms with Crippen molar-refractivity contribution < 1.29 is 31.9 Å². The standard InChI is InChI=1S/C31H34F4N4O3/c1-31(2,3)42-30(41)39-11-10-37-24(18-39)8-9-25-27(35)16-36-17-28(25)38-29(40)15-26(19-4-6-21(32)7-5-19)20-12-22(33)14-23(34)13-20/h4-7,12-14,16-17,24,26,37H,8-11,15,18H2,1-3H3,(H,38,40)/t24?,26-/m0/s1. The summed E-state index contributed by atoms with van der Waals surface area (Å²) >= 11 is 0. The van der Waals surface area contributed by atoms with Crippen LogP contribution >= 0.6 is 0 Å². The number of halogens is 4. The molecule has 1 aliphatic heterocycles. The van der Waals surface area contributed by atoms with Crippen LogP contribution in [-0.2, 0) is 16.0 Å². The normalized spacial score (nSPS) is 16.2. The second-order valence-corrected chi connectivity index (χ2v) is 11.3. The number of anilines is 1. The smallest absolute Gasteiger partial charge is 0.410 e. The zero-order valence-electron chi connectivity index (χ0n) is 23.7. The van der Waals surface area contributed by atoms with Crippen LogP contribution in [0.15, 0.2) is 54.9 Å².